The van der Waals surface area contributed by atoms with Gasteiger partial charge in [0.1, 0.15) is 12.4 Å². The Morgan fingerprint density at radius 3 is 2.33 bits per heavy atom. The van der Waals surface area contributed by atoms with E-state index < -0.39 is 6.04 Å². The highest BCUT2D eigenvalue weighted by molar-refractivity contribution is 5.96. The van der Waals surface area contributed by atoms with Gasteiger partial charge in [-0.2, -0.15) is 0 Å². The molecule has 27 heavy (non-hydrogen) atoms. The Bertz CT molecular complexity index is 803. The van der Waals surface area contributed by atoms with E-state index in [4.69, 9.17) is 0 Å². The zero-order valence-electron chi connectivity index (χ0n) is 16.2. The maximum absolute atomic E-state index is 13.8. The van der Waals surface area contributed by atoms with Crippen LogP contribution >= 0.6 is 0 Å². The first kappa shape index (κ1) is 20.6. The number of halogens is 1. The second-order valence-electron chi connectivity index (χ2n) is 6.87. The minimum absolute atomic E-state index is 0.107. The summed E-state index contributed by atoms with van der Waals surface area (Å²) in [7, 11) is 1.83. The lowest BCUT2D eigenvalue weighted by atomic mass is 10.1. The van der Waals surface area contributed by atoms with Crippen molar-refractivity contribution in [1.29, 1.82) is 0 Å². The second-order valence-corrected chi connectivity index (χ2v) is 6.87. The van der Waals surface area contributed by atoms with Gasteiger partial charge in [0.2, 0.25) is 5.91 Å². The van der Waals surface area contributed by atoms with Gasteiger partial charge >= 0.3 is 0 Å². The Kier molecular flexibility index (Phi) is 7.07. The number of carbonyl (C=O) groups is 2. The lowest BCUT2D eigenvalue weighted by Gasteiger charge is -2.21. The van der Waals surface area contributed by atoms with Crippen LogP contribution in [0.2, 0.25) is 0 Å². The predicted octanol–water partition coefficient (Wildman–Crippen LogP) is 1.60. The van der Waals surface area contributed by atoms with Crippen molar-refractivity contribution in [2.45, 2.75) is 33.4 Å². The molecule has 0 aliphatic heterocycles. The van der Waals surface area contributed by atoms with Crippen LogP contribution in [0.25, 0.3) is 0 Å². The van der Waals surface area contributed by atoms with Crippen LogP contribution in [0, 0.1) is 19.7 Å². The molecule has 0 spiro atoms. The summed E-state index contributed by atoms with van der Waals surface area (Å²) < 4.78 is 13.8. The molecule has 0 heterocycles. The van der Waals surface area contributed by atoms with Gasteiger partial charge in [0.25, 0.3) is 5.91 Å². The highest BCUT2D eigenvalue weighted by atomic mass is 19.1. The third-order valence-electron chi connectivity index (χ3n) is 4.73. The second kappa shape index (κ2) is 9.28. The fourth-order valence-electron chi connectivity index (χ4n) is 2.83. The van der Waals surface area contributed by atoms with Crippen molar-refractivity contribution in [3.63, 3.8) is 0 Å². The lowest BCUT2D eigenvalue weighted by molar-refractivity contribution is -0.908. The van der Waals surface area contributed by atoms with Crippen LogP contribution in [0.3, 0.4) is 0 Å². The Balaban J connectivity index is 1.87. The smallest absolute Gasteiger partial charge is 0.278 e. The molecule has 0 aliphatic carbocycles. The minimum Gasteiger partial charge on any atom is -0.342 e. The van der Waals surface area contributed by atoms with Gasteiger partial charge in [-0.1, -0.05) is 36.4 Å². The molecule has 2 rings (SSSR count). The number of hydrogen-bond donors (Lipinski definition) is 3. The maximum Gasteiger partial charge on any atom is 0.278 e. The number of benzene rings is 2. The molecule has 0 radical (unpaired) electrons. The number of nitrogens with one attached hydrogen (secondary N) is 3. The summed E-state index contributed by atoms with van der Waals surface area (Å²) in [6.45, 7) is 5.88. The van der Waals surface area contributed by atoms with Gasteiger partial charge in [0, 0.05) is 11.3 Å². The fraction of sp³-hybridized carbons (Fsp3) is 0.333. The van der Waals surface area contributed by atoms with Gasteiger partial charge in [-0.05, 0) is 38.0 Å². The predicted molar refractivity (Wildman–Crippen MR) is 104 cm³/mol. The number of quaternary nitrogens is 1. The highest BCUT2D eigenvalue weighted by Gasteiger charge is 2.23. The van der Waals surface area contributed by atoms with Crippen LogP contribution in [-0.4, -0.2) is 31.4 Å². The number of carbonyl (C=O) groups excluding carboxylic acids is 2. The number of para-hydroxylation sites is 1. The summed E-state index contributed by atoms with van der Waals surface area (Å²) in [4.78, 5) is 25.4. The van der Waals surface area contributed by atoms with E-state index in [0.717, 1.165) is 21.7 Å². The Hall–Kier alpha value is -2.73. The Morgan fingerprint density at radius 2 is 1.70 bits per heavy atom. The molecule has 3 N–H and O–H groups in total. The van der Waals surface area contributed by atoms with Crippen molar-refractivity contribution >= 4 is 17.5 Å². The normalized spacial score (nSPS) is 12.9. The van der Waals surface area contributed by atoms with Crippen molar-refractivity contribution in [2.24, 2.45) is 0 Å². The highest BCUT2D eigenvalue weighted by Crippen LogP contribution is 2.18. The zero-order chi connectivity index (χ0) is 20.0. The first-order valence-corrected chi connectivity index (χ1v) is 8.99. The molecule has 0 aliphatic rings. The van der Waals surface area contributed by atoms with Crippen molar-refractivity contribution in [1.82, 2.24) is 5.32 Å². The maximum atomic E-state index is 13.8. The van der Waals surface area contributed by atoms with Crippen molar-refractivity contribution in [3.05, 3.63) is 65.0 Å². The van der Waals surface area contributed by atoms with Gasteiger partial charge in [0.05, 0.1) is 13.6 Å². The summed E-state index contributed by atoms with van der Waals surface area (Å²) in [5.41, 5.74) is 3.27. The molecule has 2 amide bonds. The van der Waals surface area contributed by atoms with Gasteiger partial charge in [-0.3, -0.25) is 9.59 Å². The molecule has 0 fully saturated rings. The molecule has 2 aromatic rings. The lowest BCUT2D eigenvalue weighted by Crippen LogP contribution is -3.12. The number of rotatable bonds is 7. The van der Waals surface area contributed by atoms with Crippen LogP contribution in [0.5, 0.6) is 0 Å². The van der Waals surface area contributed by atoms with E-state index in [1.807, 2.05) is 39.1 Å². The van der Waals surface area contributed by atoms with Crippen LogP contribution < -0.4 is 15.5 Å². The quantitative estimate of drug-likeness (QED) is 0.691. The molecule has 6 heteroatoms. The first-order valence-electron chi connectivity index (χ1n) is 8.99. The number of hydrogen-bond acceptors (Lipinski definition) is 2. The van der Waals surface area contributed by atoms with Gasteiger partial charge in [-0.25, -0.2) is 4.39 Å². The van der Waals surface area contributed by atoms with Gasteiger partial charge in [0.15, 0.2) is 6.04 Å². The van der Waals surface area contributed by atoms with Crippen LogP contribution in [0.15, 0.2) is 42.5 Å². The van der Waals surface area contributed by atoms with E-state index in [1.54, 1.807) is 25.1 Å². The largest absolute Gasteiger partial charge is 0.342 e. The van der Waals surface area contributed by atoms with Crippen molar-refractivity contribution in [3.8, 4) is 0 Å². The standard InChI is InChI=1S/C21H26FN3O2/c1-14-8-7-9-15(2)20(14)24-19(26)12-23-21(27)16(3)25(4)13-17-10-5-6-11-18(17)22/h5-11,16H,12-13H2,1-4H3,(H,23,27)(H,24,26)/p+1/t16-/m0/s1. The average Bonchev–Trinajstić information content (AvgIpc) is 2.64. The van der Waals surface area contributed by atoms with Crippen molar-refractivity contribution in [2.75, 3.05) is 18.9 Å². The molecular weight excluding hydrogens is 345 g/mol. The molecule has 2 aromatic carbocycles. The molecule has 0 saturated carbocycles. The zero-order valence-corrected chi connectivity index (χ0v) is 16.2. The first-order chi connectivity index (χ1) is 12.8. The molecular formula is C21H27FN3O2+. The number of aryl methyl sites for hydroxylation is 2. The number of anilines is 1. The van der Waals surface area contributed by atoms with E-state index >= 15 is 0 Å². The summed E-state index contributed by atoms with van der Waals surface area (Å²) in [5, 5.41) is 5.50. The van der Waals surface area contributed by atoms with E-state index in [0.29, 0.717) is 12.1 Å². The molecule has 144 valence electrons. The SMILES string of the molecule is Cc1cccc(C)c1NC(=O)CNC(=O)[C@H](C)[NH+](C)Cc1ccccc1F. The third-order valence-corrected chi connectivity index (χ3v) is 4.73. The summed E-state index contributed by atoms with van der Waals surface area (Å²) in [5.74, 6) is -0.808. The summed E-state index contributed by atoms with van der Waals surface area (Å²) in [6.07, 6.45) is 0. The van der Waals surface area contributed by atoms with Crippen LogP contribution in [-0.2, 0) is 16.1 Å². The fourth-order valence-corrected chi connectivity index (χ4v) is 2.83. The Morgan fingerprint density at radius 1 is 1.07 bits per heavy atom. The molecule has 1 unspecified atom stereocenters. The third kappa shape index (κ3) is 5.62. The summed E-state index contributed by atoms with van der Waals surface area (Å²) in [6, 6.07) is 11.9. The Labute approximate surface area is 159 Å². The van der Waals surface area contributed by atoms with Crippen molar-refractivity contribution < 1.29 is 18.9 Å². The molecule has 5 nitrogen and oxygen atoms in total. The molecule has 0 aromatic heterocycles. The van der Waals surface area contributed by atoms with E-state index in [1.165, 1.54) is 6.07 Å². The van der Waals surface area contributed by atoms with E-state index in [2.05, 4.69) is 10.6 Å². The molecule has 0 saturated heterocycles. The van der Waals surface area contributed by atoms with Crippen LogP contribution in [0.4, 0.5) is 10.1 Å². The van der Waals surface area contributed by atoms with Gasteiger partial charge < -0.3 is 15.5 Å². The molecule has 2 atom stereocenters. The minimum atomic E-state index is -0.419. The van der Waals surface area contributed by atoms with Crippen LogP contribution in [0.1, 0.15) is 23.6 Å². The molecule has 0 bridgehead atoms. The van der Waals surface area contributed by atoms with Gasteiger partial charge in [-0.15, -0.1) is 0 Å². The average molecular weight is 372 g/mol. The number of likely N-dealkylation sites (N-methyl/N-ethyl adjacent to an activating group) is 1. The van der Waals surface area contributed by atoms with E-state index in [9.17, 15) is 14.0 Å². The number of amides is 2. The van der Waals surface area contributed by atoms with E-state index in [-0.39, 0.29) is 24.2 Å². The monoisotopic (exact) mass is 372 g/mol. The topological polar surface area (TPSA) is 62.6 Å². The summed E-state index contributed by atoms with van der Waals surface area (Å²) >= 11 is 0.